The van der Waals surface area contributed by atoms with E-state index in [-0.39, 0.29) is 17.9 Å². The molecule has 24 heavy (non-hydrogen) atoms. The first-order valence-corrected chi connectivity index (χ1v) is 9.01. The van der Waals surface area contributed by atoms with Crippen molar-refractivity contribution >= 4 is 40.7 Å². The smallest absolute Gasteiger partial charge is 0.239 e. The van der Waals surface area contributed by atoms with Gasteiger partial charge in [-0.25, -0.2) is 0 Å². The zero-order valence-corrected chi connectivity index (χ0v) is 15.0. The van der Waals surface area contributed by atoms with Crippen molar-refractivity contribution < 1.29 is 9.59 Å². The fraction of sp³-hybridized carbons (Fsp3) is 0.529. The molecule has 1 aromatic rings. The lowest BCUT2D eigenvalue weighted by Crippen LogP contribution is -2.49. The van der Waals surface area contributed by atoms with E-state index in [1.807, 2.05) is 0 Å². The number of hydrogen-bond donors (Lipinski definition) is 2. The Kier molecular flexibility index (Phi) is 5.33. The first kappa shape index (κ1) is 17.5. The molecule has 0 bridgehead atoms. The second-order valence-electron chi connectivity index (χ2n) is 6.51. The summed E-state index contributed by atoms with van der Waals surface area (Å²) in [5.41, 5.74) is 0.569. The standard InChI is InChI=1S/C17H21Cl2N3O2/c1-10-8-12(4-6-20-10)21-16(23)13-5-7-22(17(13)24)15-9-11(18)2-3-14(15)19/h2-3,9-10,12-13,20H,4-8H2,1H3,(H,21,23). The van der Waals surface area contributed by atoms with Crippen LogP contribution in [0.2, 0.25) is 10.0 Å². The van der Waals surface area contributed by atoms with Gasteiger partial charge in [-0.2, -0.15) is 0 Å². The van der Waals surface area contributed by atoms with Crippen LogP contribution < -0.4 is 15.5 Å². The highest BCUT2D eigenvalue weighted by Crippen LogP contribution is 2.33. The maximum Gasteiger partial charge on any atom is 0.239 e. The monoisotopic (exact) mass is 369 g/mol. The highest BCUT2D eigenvalue weighted by molar-refractivity contribution is 6.36. The van der Waals surface area contributed by atoms with Gasteiger partial charge >= 0.3 is 0 Å². The van der Waals surface area contributed by atoms with Crippen molar-refractivity contribution in [2.75, 3.05) is 18.0 Å². The molecule has 5 nitrogen and oxygen atoms in total. The summed E-state index contributed by atoms with van der Waals surface area (Å²) in [6.45, 7) is 3.45. The Morgan fingerprint density at radius 2 is 2.12 bits per heavy atom. The second kappa shape index (κ2) is 7.30. The predicted molar refractivity (Wildman–Crippen MR) is 95.6 cm³/mol. The Hall–Kier alpha value is -1.30. The zero-order chi connectivity index (χ0) is 17.3. The number of rotatable bonds is 3. The number of hydrogen-bond acceptors (Lipinski definition) is 3. The molecule has 2 amide bonds. The highest BCUT2D eigenvalue weighted by Gasteiger charge is 2.39. The molecule has 2 fully saturated rings. The Bertz CT molecular complexity index is 653. The van der Waals surface area contributed by atoms with Gasteiger partial charge in [0.1, 0.15) is 5.92 Å². The number of benzene rings is 1. The third kappa shape index (κ3) is 3.68. The number of amides is 2. The Labute approximate surface area is 151 Å². The minimum Gasteiger partial charge on any atom is -0.353 e. The van der Waals surface area contributed by atoms with Crippen molar-refractivity contribution in [2.24, 2.45) is 5.92 Å². The second-order valence-corrected chi connectivity index (χ2v) is 7.36. The average Bonchev–Trinajstić information content (AvgIpc) is 2.91. The van der Waals surface area contributed by atoms with Crippen molar-refractivity contribution in [3.63, 3.8) is 0 Å². The average molecular weight is 370 g/mol. The number of nitrogens with one attached hydrogen (secondary N) is 2. The van der Waals surface area contributed by atoms with Crippen molar-refractivity contribution in [1.82, 2.24) is 10.6 Å². The topological polar surface area (TPSA) is 61.4 Å². The molecule has 3 atom stereocenters. The van der Waals surface area contributed by atoms with Crippen LogP contribution in [0.4, 0.5) is 5.69 Å². The van der Waals surface area contributed by atoms with E-state index in [0.717, 1.165) is 19.4 Å². The molecule has 2 aliphatic heterocycles. The lowest BCUT2D eigenvalue weighted by atomic mass is 9.99. The number of nitrogens with zero attached hydrogens (tertiary/aromatic N) is 1. The maximum atomic E-state index is 12.7. The van der Waals surface area contributed by atoms with Crippen LogP contribution in [0.3, 0.4) is 0 Å². The minimum absolute atomic E-state index is 0.130. The van der Waals surface area contributed by atoms with Gasteiger partial charge in [0.25, 0.3) is 0 Å². The minimum atomic E-state index is -0.648. The van der Waals surface area contributed by atoms with E-state index in [2.05, 4.69) is 17.6 Å². The zero-order valence-electron chi connectivity index (χ0n) is 13.5. The third-order valence-electron chi connectivity index (χ3n) is 4.69. The predicted octanol–water partition coefficient (Wildman–Crippen LogP) is 2.60. The van der Waals surface area contributed by atoms with Crippen molar-refractivity contribution in [1.29, 1.82) is 0 Å². The van der Waals surface area contributed by atoms with Gasteiger partial charge in [0, 0.05) is 23.7 Å². The van der Waals surface area contributed by atoms with Gasteiger partial charge in [0.15, 0.2) is 0 Å². The Morgan fingerprint density at radius 1 is 1.33 bits per heavy atom. The van der Waals surface area contributed by atoms with Gasteiger partial charge in [-0.05, 0) is 50.9 Å². The van der Waals surface area contributed by atoms with Gasteiger partial charge in [0.2, 0.25) is 11.8 Å². The first-order valence-electron chi connectivity index (χ1n) is 8.26. The summed E-state index contributed by atoms with van der Waals surface area (Å²) in [6, 6.07) is 5.51. The molecular formula is C17H21Cl2N3O2. The van der Waals surface area contributed by atoms with Gasteiger partial charge in [-0.1, -0.05) is 23.2 Å². The van der Waals surface area contributed by atoms with Gasteiger partial charge in [0.05, 0.1) is 10.7 Å². The van der Waals surface area contributed by atoms with Crippen molar-refractivity contribution in [3.05, 3.63) is 28.2 Å². The highest BCUT2D eigenvalue weighted by atomic mass is 35.5. The van der Waals surface area contributed by atoms with Crippen LogP contribution in [0, 0.1) is 5.92 Å². The van der Waals surface area contributed by atoms with Crippen LogP contribution in [-0.2, 0) is 9.59 Å². The summed E-state index contributed by atoms with van der Waals surface area (Å²) < 4.78 is 0. The van der Waals surface area contributed by atoms with E-state index in [9.17, 15) is 9.59 Å². The largest absolute Gasteiger partial charge is 0.353 e. The summed E-state index contributed by atoms with van der Waals surface area (Å²) in [4.78, 5) is 26.7. The first-order chi connectivity index (χ1) is 11.5. The quantitative estimate of drug-likeness (QED) is 0.805. The summed E-state index contributed by atoms with van der Waals surface area (Å²) in [5, 5.41) is 7.36. The molecule has 0 aromatic heterocycles. The van der Waals surface area contributed by atoms with Gasteiger partial charge < -0.3 is 15.5 Å². The summed E-state index contributed by atoms with van der Waals surface area (Å²) in [7, 11) is 0. The third-order valence-corrected chi connectivity index (χ3v) is 5.25. The van der Waals surface area contributed by atoms with E-state index in [1.54, 1.807) is 23.1 Å². The molecule has 2 aliphatic rings. The fourth-order valence-corrected chi connectivity index (χ4v) is 3.81. The molecule has 3 rings (SSSR count). The van der Waals surface area contributed by atoms with Crippen molar-refractivity contribution in [2.45, 2.75) is 38.3 Å². The summed E-state index contributed by atoms with van der Waals surface area (Å²) >= 11 is 12.2. The molecule has 3 unspecified atom stereocenters. The maximum absolute atomic E-state index is 12.7. The Morgan fingerprint density at radius 3 is 2.88 bits per heavy atom. The summed E-state index contributed by atoms with van der Waals surface area (Å²) in [5.74, 6) is -1.04. The normalized spacial score (nSPS) is 27.4. The van der Waals surface area contributed by atoms with Crippen LogP contribution in [0.25, 0.3) is 0 Å². The number of piperidine rings is 1. The molecule has 0 saturated carbocycles. The van der Waals surface area contributed by atoms with Crippen LogP contribution in [0.1, 0.15) is 26.2 Å². The van der Waals surface area contributed by atoms with Crippen LogP contribution in [0.5, 0.6) is 0 Å². The molecule has 0 aliphatic carbocycles. The van der Waals surface area contributed by atoms with Crippen LogP contribution in [0.15, 0.2) is 18.2 Å². The molecule has 0 spiro atoms. The molecule has 2 heterocycles. The SMILES string of the molecule is CC1CC(NC(=O)C2CCN(c3cc(Cl)ccc3Cl)C2=O)CCN1. The molecule has 2 N–H and O–H groups in total. The van der Waals surface area contributed by atoms with E-state index >= 15 is 0 Å². The molecule has 2 saturated heterocycles. The number of carbonyl (C=O) groups is 2. The van der Waals surface area contributed by atoms with Crippen LogP contribution in [-0.4, -0.2) is 37.0 Å². The molecule has 0 radical (unpaired) electrons. The van der Waals surface area contributed by atoms with E-state index in [4.69, 9.17) is 23.2 Å². The number of halogens is 2. The van der Waals surface area contributed by atoms with Gasteiger partial charge in [-0.15, -0.1) is 0 Å². The van der Waals surface area contributed by atoms with E-state index in [1.165, 1.54) is 0 Å². The van der Waals surface area contributed by atoms with E-state index < -0.39 is 5.92 Å². The fourth-order valence-electron chi connectivity index (χ4n) is 3.42. The molecular weight excluding hydrogens is 349 g/mol. The van der Waals surface area contributed by atoms with E-state index in [0.29, 0.717) is 34.7 Å². The Balaban J connectivity index is 1.67. The number of carbonyl (C=O) groups excluding carboxylic acids is 2. The lowest BCUT2D eigenvalue weighted by molar-refractivity contribution is -0.132. The van der Waals surface area contributed by atoms with Crippen molar-refractivity contribution in [3.8, 4) is 0 Å². The lowest BCUT2D eigenvalue weighted by Gasteiger charge is -2.29. The van der Waals surface area contributed by atoms with Crippen LogP contribution >= 0.6 is 23.2 Å². The molecule has 130 valence electrons. The van der Waals surface area contributed by atoms with Gasteiger partial charge in [-0.3, -0.25) is 9.59 Å². The molecule has 1 aromatic carbocycles. The number of anilines is 1. The molecule has 7 heteroatoms. The summed E-state index contributed by atoms with van der Waals surface area (Å²) in [6.07, 6.45) is 2.27.